The van der Waals surface area contributed by atoms with Gasteiger partial charge in [0.2, 0.25) is 10.0 Å². The average Bonchev–Trinajstić information content (AvgIpc) is 2.67. The van der Waals surface area contributed by atoms with Crippen molar-refractivity contribution < 1.29 is 26.3 Å². The van der Waals surface area contributed by atoms with Gasteiger partial charge in [-0.3, -0.25) is 4.98 Å². The van der Waals surface area contributed by atoms with Gasteiger partial charge in [-0.1, -0.05) is 17.7 Å². The van der Waals surface area contributed by atoms with Crippen molar-refractivity contribution in [1.82, 2.24) is 9.71 Å². The fraction of sp³-hybridized carbons (Fsp3) is 0.389. The molecule has 1 aliphatic rings. The Morgan fingerprint density at radius 3 is 2.54 bits per heavy atom. The summed E-state index contributed by atoms with van der Waals surface area (Å²) in [5.41, 5.74) is -0.552. The van der Waals surface area contributed by atoms with Crippen LogP contribution in [-0.4, -0.2) is 26.6 Å². The van der Waals surface area contributed by atoms with Gasteiger partial charge in [-0.2, -0.15) is 13.2 Å². The highest BCUT2D eigenvalue weighted by Gasteiger charge is 2.35. The molecule has 2 aromatic rings. The van der Waals surface area contributed by atoms with Crippen LogP contribution in [0, 0.1) is 5.92 Å². The Kier molecular flexibility index (Phi) is 6.28. The Bertz CT molecular complexity index is 917. The summed E-state index contributed by atoms with van der Waals surface area (Å²) in [5.74, 6) is -0.0675. The van der Waals surface area contributed by atoms with E-state index >= 15 is 0 Å². The van der Waals surface area contributed by atoms with Crippen molar-refractivity contribution >= 4 is 21.6 Å². The van der Waals surface area contributed by atoms with Crippen LogP contribution in [0.5, 0.6) is 0 Å². The van der Waals surface area contributed by atoms with Crippen LogP contribution in [-0.2, 0) is 20.9 Å². The molecule has 10 heteroatoms. The van der Waals surface area contributed by atoms with E-state index in [0.717, 1.165) is 12.1 Å². The molecule has 0 radical (unpaired) electrons. The Balaban J connectivity index is 1.95. The molecule has 0 saturated carbocycles. The lowest BCUT2D eigenvalue weighted by atomic mass is 9.88. The van der Waals surface area contributed by atoms with E-state index in [1.807, 2.05) is 0 Å². The predicted molar refractivity (Wildman–Crippen MR) is 97.3 cm³/mol. The standard InChI is InChI=1S/C18H18ClF3N2O3S/c19-16-4-3-14(10-15(16)18(20,21)22)28(25,26)24-17(12-5-8-27-9-6-12)13-2-1-7-23-11-13/h1-4,7,10-12,17,24H,5-6,8-9H2/t17-/m1/s1. The third kappa shape index (κ3) is 4.83. The number of nitrogens with zero attached hydrogens (tertiary/aromatic N) is 1. The van der Waals surface area contributed by atoms with E-state index in [2.05, 4.69) is 9.71 Å². The van der Waals surface area contributed by atoms with Crippen molar-refractivity contribution in [3.05, 3.63) is 58.9 Å². The first-order valence-corrected chi connectivity index (χ1v) is 10.4. The third-order valence-corrected chi connectivity index (χ3v) is 6.38. The highest BCUT2D eigenvalue weighted by Crippen LogP contribution is 2.37. The van der Waals surface area contributed by atoms with Crippen molar-refractivity contribution in [2.45, 2.75) is 30.0 Å². The molecule has 1 aliphatic heterocycles. The normalized spacial score (nSPS) is 17.4. The first-order chi connectivity index (χ1) is 13.2. The minimum atomic E-state index is -4.76. The molecule has 28 heavy (non-hydrogen) atoms. The van der Waals surface area contributed by atoms with Gasteiger partial charge in [0.05, 0.1) is 21.5 Å². The average molecular weight is 435 g/mol. The van der Waals surface area contributed by atoms with Crippen LogP contribution in [0.1, 0.15) is 30.0 Å². The fourth-order valence-corrected chi connectivity index (χ4v) is 4.71. The minimum absolute atomic E-state index is 0.0675. The molecule has 0 aliphatic carbocycles. The molecule has 1 N–H and O–H groups in total. The molecule has 0 unspecified atom stereocenters. The Morgan fingerprint density at radius 2 is 1.93 bits per heavy atom. The highest BCUT2D eigenvalue weighted by molar-refractivity contribution is 7.89. The second-order valence-corrected chi connectivity index (χ2v) is 8.60. The van der Waals surface area contributed by atoms with Gasteiger partial charge in [-0.15, -0.1) is 0 Å². The molecule has 1 aromatic heterocycles. The van der Waals surface area contributed by atoms with Crippen LogP contribution in [0.15, 0.2) is 47.6 Å². The predicted octanol–water partition coefficient (Wildman–Crippen LogP) is 4.20. The number of pyridine rings is 1. The number of halogens is 4. The molecule has 1 atom stereocenters. The Hall–Kier alpha value is -1.68. The smallest absolute Gasteiger partial charge is 0.381 e. The first-order valence-electron chi connectivity index (χ1n) is 8.55. The van der Waals surface area contributed by atoms with E-state index in [0.29, 0.717) is 37.7 Å². The lowest BCUT2D eigenvalue weighted by Gasteiger charge is -2.31. The van der Waals surface area contributed by atoms with Gasteiger partial charge in [-0.25, -0.2) is 13.1 Å². The molecule has 1 aromatic carbocycles. The first kappa shape index (κ1) is 21.0. The Labute approximate surface area is 165 Å². The van der Waals surface area contributed by atoms with Gasteiger partial charge in [0.25, 0.3) is 0 Å². The molecule has 0 amide bonds. The summed E-state index contributed by atoms with van der Waals surface area (Å²) >= 11 is 5.60. The van der Waals surface area contributed by atoms with E-state index in [9.17, 15) is 21.6 Å². The Morgan fingerprint density at radius 1 is 1.21 bits per heavy atom. The van der Waals surface area contributed by atoms with Gasteiger partial charge >= 0.3 is 6.18 Å². The van der Waals surface area contributed by atoms with Gasteiger partial charge in [0.1, 0.15) is 0 Å². The van der Waals surface area contributed by atoms with E-state index in [4.69, 9.17) is 16.3 Å². The largest absolute Gasteiger partial charge is 0.417 e. The zero-order valence-corrected chi connectivity index (χ0v) is 16.2. The molecule has 1 saturated heterocycles. The number of sulfonamides is 1. The zero-order chi connectivity index (χ0) is 20.4. The number of hydrogen-bond donors (Lipinski definition) is 1. The van der Waals surface area contributed by atoms with Crippen LogP contribution in [0.2, 0.25) is 5.02 Å². The van der Waals surface area contributed by atoms with Crippen molar-refractivity contribution in [2.75, 3.05) is 13.2 Å². The maximum absolute atomic E-state index is 13.1. The van der Waals surface area contributed by atoms with Crippen LogP contribution >= 0.6 is 11.6 Å². The summed E-state index contributed by atoms with van der Waals surface area (Å²) < 4.78 is 73.0. The summed E-state index contributed by atoms with van der Waals surface area (Å²) in [4.78, 5) is 3.53. The number of benzene rings is 1. The lowest BCUT2D eigenvalue weighted by Crippen LogP contribution is -2.36. The number of rotatable bonds is 5. The molecule has 0 spiro atoms. The van der Waals surface area contributed by atoms with E-state index in [1.54, 1.807) is 24.5 Å². The van der Waals surface area contributed by atoms with Gasteiger partial charge in [0.15, 0.2) is 0 Å². The number of nitrogens with one attached hydrogen (secondary N) is 1. The number of ether oxygens (including phenoxy) is 1. The third-order valence-electron chi connectivity index (χ3n) is 4.62. The number of hydrogen-bond acceptors (Lipinski definition) is 4. The number of aromatic nitrogens is 1. The molecule has 2 heterocycles. The number of alkyl halides is 3. The second kappa shape index (κ2) is 8.36. The van der Waals surface area contributed by atoms with Crippen molar-refractivity contribution in [3.63, 3.8) is 0 Å². The van der Waals surface area contributed by atoms with Crippen molar-refractivity contribution in [1.29, 1.82) is 0 Å². The maximum atomic E-state index is 13.1. The quantitative estimate of drug-likeness (QED) is 0.765. The van der Waals surface area contributed by atoms with Crippen LogP contribution < -0.4 is 4.72 Å². The molecule has 152 valence electrons. The van der Waals surface area contributed by atoms with Crippen LogP contribution in [0.4, 0.5) is 13.2 Å². The summed E-state index contributed by atoms with van der Waals surface area (Å²) in [6.45, 7) is 0.977. The van der Waals surface area contributed by atoms with Gasteiger partial charge in [0, 0.05) is 25.6 Å². The van der Waals surface area contributed by atoms with Gasteiger partial charge in [-0.05, 0) is 48.6 Å². The van der Waals surface area contributed by atoms with Crippen molar-refractivity contribution in [2.24, 2.45) is 5.92 Å². The second-order valence-electron chi connectivity index (χ2n) is 6.47. The molecule has 1 fully saturated rings. The summed E-state index contributed by atoms with van der Waals surface area (Å²) in [5, 5.41) is -0.556. The maximum Gasteiger partial charge on any atom is 0.417 e. The van der Waals surface area contributed by atoms with Crippen LogP contribution in [0.25, 0.3) is 0 Å². The fourth-order valence-electron chi connectivity index (χ4n) is 3.17. The van der Waals surface area contributed by atoms with Crippen molar-refractivity contribution in [3.8, 4) is 0 Å². The molecular formula is C18H18ClF3N2O3S. The SMILES string of the molecule is O=S(=O)(N[C@@H](c1cccnc1)C1CCOCC1)c1ccc(Cl)c(C(F)(F)F)c1. The van der Waals surface area contributed by atoms with E-state index < -0.39 is 37.7 Å². The van der Waals surface area contributed by atoms with Crippen LogP contribution in [0.3, 0.4) is 0 Å². The monoisotopic (exact) mass is 434 g/mol. The van der Waals surface area contributed by atoms with Gasteiger partial charge < -0.3 is 4.74 Å². The molecule has 5 nitrogen and oxygen atoms in total. The molecule has 0 bridgehead atoms. The molecule has 3 rings (SSSR count). The van der Waals surface area contributed by atoms with E-state index in [-0.39, 0.29) is 5.92 Å². The van der Waals surface area contributed by atoms with E-state index in [1.165, 1.54) is 0 Å². The summed E-state index contributed by atoms with van der Waals surface area (Å²) in [7, 11) is -4.23. The zero-order valence-electron chi connectivity index (χ0n) is 14.6. The summed E-state index contributed by atoms with van der Waals surface area (Å²) in [6, 6.07) is 5.33. The topological polar surface area (TPSA) is 68.3 Å². The lowest BCUT2D eigenvalue weighted by molar-refractivity contribution is -0.137. The minimum Gasteiger partial charge on any atom is -0.381 e. The molecular weight excluding hydrogens is 417 g/mol. The summed E-state index contributed by atoms with van der Waals surface area (Å²) in [6.07, 6.45) is -0.404. The highest BCUT2D eigenvalue weighted by atomic mass is 35.5.